The second-order valence-corrected chi connectivity index (χ2v) is 6.37. The van der Waals surface area contributed by atoms with Crippen molar-refractivity contribution < 1.29 is 21.0 Å². The Morgan fingerprint density at radius 1 is 1.31 bits per heavy atom. The fourth-order valence-corrected chi connectivity index (χ4v) is 2.57. The third-order valence-electron chi connectivity index (χ3n) is 1.12. The molecule has 1 unspecified atom stereocenters. The van der Waals surface area contributed by atoms with Gasteiger partial charge in [-0.25, -0.2) is 8.42 Å². The molecule has 0 radical (unpaired) electrons. The predicted octanol–water partition coefficient (Wildman–Crippen LogP) is -0.0906. The van der Waals surface area contributed by atoms with Crippen LogP contribution in [0, 0.1) is 0 Å². The van der Waals surface area contributed by atoms with Crippen molar-refractivity contribution in [1.82, 2.24) is 0 Å². The van der Waals surface area contributed by atoms with Crippen LogP contribution in [0.4, 0.5) is 0 Å². The summed E-state index contributed by atoms with van der Waals surface area (Å²) in [5.74, 6) is 0. The zero-order valence-electron chi connectivity index (χ0n) is 7.43. The van der Waals surface area contributed by atoms with Gasteiger partial charge in [-0.2, -0.15) is 8.42 Å². The van der Waals surface area contributed by atoms with Gasteiger partial charge in [-0.15, -0.1) is 6.58 Å². The summed E-state index contributed by atoms with van der Waals surface area (Å²) in [6.45, 7) is 3.30. The average molecular weight is 228 g/mol. The van der Waals surface area contributed by atoms with Crippen molar-refractivity contribution in [2.45, 2.75) is 11.9 Å². The molecule has 0 N–H and O–H groups in total. The van der Waals surface area contributed by atoms with Gasteiger partial charge >= 0.3 is 0 Å². The van der Waals surface area contributed by atoms with E-state index in [0.717, 1.165) is 12.5 Å². The molecule has 0 aliphatic carbocycles. The second-order valence-electron chi connectivity index (χ2n) is 2.58. The van der Waals surface area contributed by atoms with Crippen molar-refractivity contribution in [2.24, 2.45) is 0 Å². The van der Waals surface area contributed by atoms with Gasteiger partial charge in [0.25, 0.3) is 10.1 Å². The summed E-state index contributed by atoms with van der Waals surface area (Å²) in [4.78, 5) is 0. The van der Waals surface area contributed by atoms with Crippen LogP contribution in [0.25, 0.3) is 0 Å². The summed E-state index contributed by atoms with van der Waals surface area (Å²) >= 11 is 0. The minimum Gasteiger partial charge on any atom is -0.250 e. The monoisotopic (exact) mass is 228 g/mol. The summed E-state index contributed by atoms with van der Waals surface area (Å²) < 4.78 is 47.6. The van der Waals surface area contributed by atoms with Gasteiger partial charge in [0.15, 0.2) is 15.3 Å². The number of rotatable bonds is 5. The molecule has 0 fully saturated rings. The minimum absolute atomic E-state index is 0.0497. The second kappa shape index (κ2) is 4.21. The minimum atomic E-state index is -3.76. The lowest BCUT2D eigenvalue weighted by Crippen LogP contribution is -2.25. The molecule has 1 atom stereocenters. The van der Waals surface area contributed by atoms with Gasteiger partial charge in [0.1, 0.15) is 0 Å². The molecule has 0 aromatic heterocycles. The van der Waals surface area contributed by atoms with Crippen molar-refractivity contribution >= 4 is 20.0 Å². The Bertz CT molecular complexity index is 364. The third kappa shape index (κ3) is 5.78. The Hall–Kier alpha value is -0.400. The van der Waals surface area contributed by atoms with Crippen LogP contribution in [0.15, 0.2) is 12.7 Å². The average Bonchev–Trinajstić information content (AvgIpc) is 1.81. The van der Waals surface area contributed by atoms with Gasteiger partial charge in [0.2, 0.25) is 0 Å². The maximum absolute atomic E-state index is 11.0. The van der Waals surface area contributed by atoms with E-state index in [1.165, 1.54) is 6.08 Å². The Labute approximate surface area is 78.4 Å². The first-order valence-electron chi connectivity index (χ1n) is 3.35. The summed E-state index contributed by atoms with van der Waals surface area (Å²) in [6.07, 6.45) is 2.95. The first kappa shape index (κ1) is 12.6. The van der Waals surface area contributed by atoms with Crippen LogP contribution in [0.2, 0.25) is 0 Å². The van der Waals surface area contributed by atoms with Gasteiger partial charge in [0.05, 0.1) is 6.26 Å². The van der Waals surface area contributed by atoms with Crippen LogP contribution in [0.1, 0.15) is 6.42 Å². The lowest BCUT2D eigenvalue weighted by atomic mass is 10.5. The maximum Gasteiger partial charge on any atom is 0.265 e. The quantitative estimate of drug-likeness (QED) is 0.485. The highest BCUT2D eigenvalue weighted by Crippen LogP contribution is 2.09. The van der Waals surface area contributed by atoms with E-state index >= 15 is 0 Å². The largest absolute Gasteiger partial charge is 0.265 e. The molecule has 0 bridgehead atoms. The van der Waals surface area contributed by atoms with Gasteiger partial charge in [0, 0.05) is 12.7 Å². The highest BCUT2D eigenvalue weighted by atomic mass is 32.2. The van der Waals surface area contributed by atoms with Gasteiger partial charge in [-0.05, 0) is 0 Å². The molecule has 0 saturated heterocycles. The Balaban J connectivity index is 4.75. The number of hydrogen-bond donors (Lipinski definition) is 0. The molecule has 0 aromatic carbocycles. The van der Waals surface area contributed by atoms with Gasteiger partial charge in [-0.1, -0.05) is 6.08 Å². The molecule has 7 heteroatoms. The van der Waals surface area contributed by atoms with Crippen LogP contribution in [-0.2, 0) is 24.1 Å². The fraction of sp³-hybridized carbons (Fsp3) is 0.667. The Morgan fingerprint density at radius 3 is 2.00 bits per heavy atom. The summed E-state index contributed by atoms with van der Waals surface area (Å²) in [6, 6.07) is 0. The molecule has 0 amide bonds. The predicted molar refractivity (Wildman–Crippen MR) is 49.4 cm³/mol. The molecule has 0 spiro atoms. The first-order chi connectivity index (χ1) is 5.67. The van der Waals surface area contributed by atoms with Crippen LogP contribution in [-0.4, -0.2) is 34.8 Å². The van der Waals surface area contributed by atoms with E-state index in [4.69, 9.17) is 0 Å². The highest BCUT2D eigenvalue weighted by molar-refractivity contribution is 7.92. The zero-order valence-corrected chi connectivity index (χ0v) is 9.06. The van der Waals surface area contributed by atoms with Crippen molar-refractivity contribution in [3.05, 3.63) is 12.7 Å². The van der Waals surface area contributed by atoms with Crippen molar-refractivity contribution in [3.63, 3.8) is 0 Å². The van der Waals surface area contributed by atoms with E-state index in [2.05, 4.69) is 10.8 Å². The van der Waals surface area contributed by atoms with Crippen LogP contribution in [0.3, 0.4) is 0 Å². The van der Waals surface area contributed by atoms with E-state index in [0.29, 0.717) is 0 Å². The molecule has 0 rings (SSSR count). The SMILES string of the molecule is C=CCC(OS(C)(=O)=O)S(C)(=O)=O. The molecule has 5 nitrogen and oxygen atoms in total. The molecule has 0 heterocycles. The molecule has 0 aliphatic heterocycles. The maximum atomic E-state index is 11.0. The molecular weight excluding hydrogens is 216 g/mol. The summed E-state index contributed by atoms with van der Waals surface area (Å²) in [5, 5.41) is 0. The normalized spacial score (nSPS) is 15.2. The van der Waals surface area contributed by atoms with Gasteiger partial charge in [-0.3, -0.25) is 4.18 Å². The smallest absolute Gasteiger partial charge is 0.250 e. The van der Waals surface area contributed by atoms with E-state index in [-0.39, 0.29) is 6.42 Å². The van der Waals surface area contributed by atoms with Crippen molar-refractivity contribution in [2.75, 3.05) is 12.5 Å². The summed E-state index contributed by atoms with van der Waals surface area (Å²) in [5.41, 5.74) is -1.36. The molecule has 78 valence electrons. The van der Waals surface area contributed by atoms with E-state index < -0.39 is 25.4 Å². The van der Waals surface area contributed by atoms with E-state index in [1.54, 1.807) is 0 Å². The summed E-state index contributed by atoms with van der Waals surface area (Å²) in [7, 11) is -7.29. The van der Waals surface area contributed by atoms with Crippen molar-refractivity contribution in [1.29, 1.82) is 0 Å². The molecule has 0 aromatic rings. The topological polar surface area (TPSA) is 77.5 Å². The lowest BCUT2D eigenvalue weighted by molar-refractivity contribution is 0.284. The number of sulfone groups is 1. The Morgan fingerprint density at radius 2 is 1.77 bits per heavy atom. The third-order valence-corrected chi connectivity index (χ3v) is 3.07. The molecule has 0 saturated carbocycles. The highest BCUT2D eigenvalue weighted by Gasteiger charge is 2.24. The Kier molecular flexibility index (Phi) is 4.08. The molecular formula is C6H12O5S2. The molecule has 0 aliphatic rings. The zero-order chi connectivity index (χ0) is 10.7. The van der Waals surface area contributed by atoms with Crippen molar-refractivity contribution in [3.8, 4) is 0 Å². The first-order valence-corrected chi connectivity index (χ1v) is 7.12. The van der Waals surface area contributed by atoms with Crippen LogP contribution in [0.5, 0.6) is 0 Å². The van der Waals surface area contributed by atoms with Crippen LogP contribution >= 0.6 is 0 Å². The lowest BCUT2D eigenvalue weighted by Gasteiger charge is -2.11. The fourth-order valence-electron chi connectivity index (χ4n) is 0.616. The standard InChI is InChI=1S/C6H12O5S2/c1-4-5-6(12(2,7)8)11-13(3,9)10/h4,6H,1,5H2,2-3H3. The van der Waals surface area contributed by atoms with Crippen LogP contribution < -0.4 is 0 Å². The van der Waals surface area contributed by atoms with E-state index in [9.17, 15) is 16.8 Å². The van der Waals surface area contributed by atoms with E-state index in [1.807, 2.05) is 0 Å². The molecule has 13 heavy (non-hydrogen) atoms. The van der Waals surface area contributed by atoms with Gasteiger partial charge < -0.3 is 0 Å². The number of hydrogen-bond acceptors (Lipinski definition) is 5.